The van der Waals surface area contributed by atoms with Crippen molar-refractivity contribution >= 4 is 17.9 Å². The lowest BCUT2D eigenvalue weighted by molar-refractivity contribution is -0.166. The summed E-state index contributed by atoms with van der Waals surface area (Å²) in [7, 11) is 0. The molecule has 0 amide bonds. The molecule has 0 fully saturated rings. The van der Waals surface area contributed by atoms with Crippen LogP contribution in [0.1, 0.15) is 220 Å². The van der Waals surface area contributed by atoms with Crippen molar-refractivity contribution in [2.45, 2.75) is 226 Å². The molecular formula is C52H88O6. The lowest BCUT2D eigenvalue weighted by Crippen LogP contribution is -2.30. The third-order valence-corrected chi connectivity index (χ3v) is 9.93. The van der Waals surface area contributed by atoms with Gasteiger partial charge in [0.05, 0.1) is 0 Å². The molecular weight excluding hydrogens is 721 g/mol. The van der Waals surface area contributed by atoms with Crippen molar-refractivity contribution in [2.24, 2.45) is 0 Å². The SMILES string of the molecule is CC/C=C\C/C=C\C/C=C\C/C=C\CCC(=O)OC(COC(=O)CCCCCCC/C=C\CCCCC)COC(=O)CCCCCCC/C=C\CCCCCCCC. The topological polar surface area (TPSA) is 78.9 Å². The largest absolute Gasteiger partial charge is 0.462 e. The maximum Gasteiger partial charge on any atom is 0.306 e. The van der Waals surface area contributed by atoms with Gasteiger partial charge in [-0.3, -0.25) is 14.4 Å². The molecule has 0 saturated carbocycles. The summed E-state index contributed by atoms with van der Waals surface area (Å²) in [6.45, 7) is 6.40. The fourth-order valence-electron chi connectivity index (χ4n) is 6.33. The first-order valence-corrected chi connectivity index (χ1v) is 23.9. The molecule has 1 unspecified atom stereocenters. The summed E-state index contributed by atoms with van der Waals surface area (Å²) in [6.07, 6.45) is 57.5. The van der Waals surface area contributed by atoms with Crippen LogP contribution < -0.4 is 0 Å². The number of allylic oxidation sites excluding steroid dienone is 12. The minimum Gasteiger partial charge on any atom is -0.462 e. The number of esters is 3. The van der Waals surface area contributed by atoms with Crippen LogP contribution in [0.5, 0.6) is 0 Å². The Morgan fingerprint density at radius 1 is 0.362 bits per heavy atom. The van der Waals surface area contributed by atoms with Crippen LogP contribution in [0, 0.1) is 0 Å². The van der Waals surface area contributed by atoms with Gasteiger partial charge in [0.2, 0.25) is 0 Å². The van der Waals surface area contributed by atoms with Gasteiger partial charge in [-0.1, -0.05) is 177 Å². The van der Waals surface area contributed by atoms with Crippen LogP contribution in [0.2, 0.25) is 0 Å². The number of carbonyl (C=O) groups excluding carboxylic acids is 3. The van der Waals surface area contributed by atoms with Crippen molar-refractivity contribution in [2.75, 3.05) is 13.2 Å². The Hall–Kier alpha value is -3.15. The van der Waals surface area contributed by atoms with Crippen molar-refractivity contribution in [1.29, 1.82) is 0 Å². The number of hydrogen-bond acceptors (Lipinski definition) is 6. The van der Waals surface area contributed by atoms with E-state index in [9.17, 15) is 14.4 Å². The van der Waals surface area contributed by atoms with Crippen LogP contribution in [-0.2, 0) is 28.6 Å². The minimum absolute atomic E-state index is 0.111. The summed E-state index contributed by atoms with van der Waals surface area (Å²) in [4.78, 5) is 37.8. The molecule has 6 heteroatoms. The van der Waals surface area contributed by atoms with E-state index in [1.54, 1.807) is 0 Å². The summed E-state index contributed by atoms with van der Waals surface area (Å²) in [5, 5.41) is 0. The summed E-state index contributed by atoms with van der Waals surface area (Å²) in [6, 6.07) is 0. The van der Waals surface area contributed by atoms with Gasteiger partial charge >= 0.3 is 17.9 Å². The monoisotopic (exact) mass is 809 g/mol. The normalized spacial score (nSPS) is 12.7. The lowest BCUT2D eigenvalue weighted by Gasteiger charge is -2.18. The molecule has 0 aliphatic carbocycles. The van der Waals surface area contributed by atoms with E-state index in [-0.39, 0.29) is 31.6 Å². The predicted octanol–water partition coefficient (Wildman–Crippen LogP) is 15.5. The maximum atomic E-state index is 12.7. The van der Waals surface area contributed by atoms with Gasteiger partial charge in [0.25, 0.3) is 0 Å². The molecule has 0 N–H and O–H groups in total. The molecule has 58 heavy (non-hydrogen) atoms. The lowest BCUT2D eigenvalue weighted by atomic mass is 10.1. The van der Waals surface area contributed by atoms with E-state index in [1.165, 1.54) is 83.5 Å². The summed E-state index contributed by atoms with van der Waals surface area (Å²) >= 11 is 0. The van der Waals surface area contributed by atoms with E-state index in [0.717, 1.165) is 89.9 Å². The number of carbonyl (C=O) groups is 3. The van der Waals surface area contributed by atoms with Gasteiger partial charge in [0.15, 0.2) is 6.10 Å². The van der Waals surface area contributed by atoms with Crippen LogP contribution in [0.15, 0.2) is 72.9 Å². The van der Waals surface area contributed by atoms with Gasteiger partial charge in [-0.25, -0.2) is 0 Å². The predicted molar refractivity (Wildman–Crippen MR) is 247 cm³/mol. The Morgan fingerprint density at radius 3 is 1.16 bits per heavy atom. The van der Waals surface area contributed by atoms with E-state index in [0.29, 0.717) is 19.3 Å². The van der Waals surface area contributed by atoms with Crippen LogP contribution >= 0.6 is 0 Å². The van der Waals surface area contributed by atoms with Gasteiger partial charge < -0.3 is 14.2 Å². The second kappa shape index (κ2) is 46.5. The zero-order valence-corrected chi connectivity index (χ0v) is 37.8. The average Bonchev–Trinajstić information content (AvgIpc) is 3.22. The van der Waals surface area contributed by atoms with Crippen LogP contribution in [0.3, 0.4) is 0 Å². The van der Waals surface area contributed by atoms with E-state index >= 15 is 0 Å². The van der Waals surface area contributed by atoms with Crippen LogP contribution in [-0.4, -0.2) is 37.2 Å². The zero-order valence-electron chi connectivity index (χ0n) is 37.8. The summed E-state index contributed by atoms with van der Waals surface area (Å²) in [5.74, 6) is -1.01. The van der Waals surface area contributed by atoms with Gasteiger partial charge in [0.1, 0.15) is 13.2 Å². The van der Waals surface area contributed by atoms with Gasteiger partial charge in [-0.2, -0.15) is 0 Å². The van der Waals surface area contributed by atoms with Gasteiger partial charge in [-0.05, 0) is 96.3 Å². The maximum absolute atomic E-state index is 12.7. The smallest absolute Gasteiger partial charge is 0.306 e. The first-order valence-electron chi connectivity index (χ1n) is 23.9. The highest BCUT2D eigenvalue weighted by molar-refractivity contribution is 5.71. The van der Waals surface area contributed by atoms with E-state index in [1.807, 2.05) is 12.2 Å². The number of ether oxygens (including phenoxy) is 3. The highest BCUT2D eigenvalue weighted by Crippen LogP contribution is 2.13. The zero-order chi connectivity index (χ0) is 42.3. The van der Waals surface area contributed by atoms with Crippen molar-refractivity contribution in [3.05, 3.63) is 72.9 Å². The molecule has 332 valence electrons. The van der Waals surface area contributed by atoms with Crippen molar-refractivity contribution in [1.82, 2.24) is 0 Å². The van der Waals surface area contributed by atoms with Gasteiger partial charge in [-0.15, -0.1) is 0 Å². The molecule has 0 aromatic carbocycles. The molecule has 0 aliphatic rings. The van der Waals surface area contributed by atoms with E-state index in [4.69, 9.17) is 14.2 Å². The third-order valence-electron chi connectivity index (χ3n) is 9.93. The van der Waals surface area contributed by atoms with Crippen molar-refractivity contribution in [3.63, 3.8) is 0 Å². The summed E-state index contributed by atoms with van der Waals surface area (Å²) in [5.41, 5.74) is 0. The standard InChI is InChI=1S/C52H88O6/c1-4-7-10-13-16-19-22-25-26-28-30-33-36-39-42-45-51(54)57-48-49(47-56-50(53)44-41-38-35-32-29-24-21-18-15-12-9-6-3)58-52(55)46-43-40-37-34-31-27-23-20-17-14-11-8-5-2/h8,11,17-18,20-21,25-27,31,37,40,49H,4-7,9-10,12-16,19,22-24,28-30,32-36,38-39,41-48H2,1-3H3/b11-8-,20-17-,21-18-,26-25-,31-27-,40-37-. The summed E-state index contributed by atoms with van der Waals surface area (Å²) < 4.78 is 16.6. The second-order valence-electron chi connectivity index (χ2n) is 15.6. The molecule has 0 bridgehead atoms. The first kappa shape index (κ1) is 54.9. The molecule has 0 aliphatic heterocycles. The minimum atomic E-state index is -0.818. The molecule has 0 aromatic rings. The van der Waals surface area contributed by atoms with Crippen LogP contribution in [0.25, 0.3) is 0 Å². The molecule has 0 heterocycles. The Morgan fingerprint density at radius 2 is 0.707 bits per heavy atom. The quantitative estimate of drug-likeness (QED) is 0.0264. The van der Waals surface area contributed by atoms with Gasteiger partial charge in [0, 0.05) is 19.3 Å². The number of rotatable bonds is 42. The first-order chi connectivity index (χ1) is 28.5. The molecule has 0 radical (unpaired) electrons. The van der Waals surface area contributed by atoms with E-state index < -0.39 is 12.1 Å². The van der Waals surface area contributed by atoms with Crippen molar-refractivity contribution in [3.8, 4) is 0 Å². The molecule has 6 nitrogen and oxygen atoms in total. The third kappa shape index (κ3) is 44.0. The highest BCUT2D eigenvalue weighted by Gasteiger charge is 2.19. The molecule has 0 rings (SSSR count). The molecule has 0 spiro atoms. The number of hydrogen-bond donors (Lipinski definition) is 0. The molecule has 0 aromatic heterocycles. The average molecular weight is 809 g/mol. The Labute approximate surface area is 357 Å². The number of unbranched alkanes of at least 4 members (excludes halogenated alkanes) is 19. The highest BCUT2D eigenvalue weighted by atomic mass is 16.6. The molecule has 0 saturated heterocycles. The van der Waals surface area contributed by atoms with Crippen molar-refractivity contribution < 1.29 is 28.6 Å². The Bertz CT molecular complexity index is 1110. The molecule has 1 atom stereocenters. The fourth-order valence-corrected chi connectivity index (χ4v) is 6.33. The van der Waals surface area contributed by atoms with E-state index in [2.05, 4.69) is 81.5 Å². The Balaban J connectivity index is 4.49. The Kier molecular flexibility index (Phi) is 44.0. The fraction of sp³-hybridized carbons (Fsp3) is 0.712. The van der Waals surface area contributed by atoms with Crippen LogP contribution in [0.4, 0.5) is 0 Å². The second-order valence-corrected chi connectivity index (χ2v) is 15.6.